The summed E-state index contributed by atoms with van der Waals surface area (Å²) in [5.41, 5.74) is 1.40. The zero-order chi connectivity index (χ0) is 11.8. The molecule has 2 N–H and O–H groups in total. The van der Waals surface area contributed by atoms with Crippen molar-refractivity contribution in [3.8, 4) is 0 Å². The van der Waals surface area contributed by atoms with Gasteiger partial charge in [0.15, 0.2) is 0 Å². The first-order chi connectivity index (χ1) is 7.81. The standard InChI is InChI=1S/C11H14N2O3/c14-7-5-13(6-8-15)11-3-1-10(2-4-11)12-9-16/h1-4,14-15H,5-8H2. The summed E-state index contributed by atoms with van der Waals surface area (Å²) in [5, 5.41) is 17.7. The smallest absolute Gasteiger partial charge is 0.240 e. The Morgan fingerprint density at radius 1 is 1.12 bits per heavy atom. The summed E-state index contributed by atoms with van der Waals surface area (Å²) in [6, 6.07) is 6.92. The van der Waals surface area contributed by atoms with Crippen molar-refractivity contribution < 1.29 is 15.0 Å². The lowest BCUT2D eigenvalue weighted by atomic mass is 10.2. The zero-order valence-electron chi connectivity index (χ0n) is 8.83. The van der Waals surface area contributed by atoms with Crippen molar-refractivity contribution in [2.45, 2.75) is 0 Å². The lowest BCUT2D eigenvalue weighted by Crippen LogP contribution is -2.29. The maximum atomic E-state index is 10.0. The van der Waals surface area contributed by atoms with Crippen LogP contribution in [-0.4, -0.2) is 42.6 Å². The van der Waals surface area contributed by atoms with Crippen LogP contribution in [0.3, 0.4) is 0 Å². The van der Waals surface area contributed by atoms with Gasteiger partial charge < -0.3 is 15.1 Å². The highest BCUT2D eigenvalue weighted by atomic mass is 16.3. The number of anilines is 1. The SMILES string of the molecule is O=C=Nc1ccc(N(CCO)CCO)cc1. The molecule has 0 saturated heterocycles. The molecule has 0 amide bonds. The molecule has 5 nitrogen and oxygen atoms in total. The van der Waals surface area contributed by atoms with Gasteiger partial charge in [0, 0.05) is 18.8 Å². The topological polar surface area (TPSA) is 73.1 Å². The van der Waals surface area contributed by atoms with Crippen LogP contribution >= 0.6 is 0 Å². The number of hydrogen-bond acceptors (Lipinski definition) is 5. The van der Waals surface area contributed by atoms with E-state index in [0.29, 0.717) is 18.8 Å². The summed E-state index contributed by atoms with van der Waals surface area (Å²) in [6.45, 7) is 0.955. The molecule has 0 saturated carbocycles. The van der Waals surface area contributed by atoms with Gasteiger partial charge in [0.25, 0.3) is 0 Å². The van der Waals surface area contributed by atoms with Crippen LogP contribution in [0.5, 0.6) is 0 Å². The third-order valence-electron chi connectivity index (χ3n) is 2.13. The maximum Gasteiger partial charge on any atom is 0.240 e. The predicted molar refractivity (Wildman–Crippen MR) is 60.6 cm³/mol. The molecule has 1 aromatic carbocycles. The minimum Gasteiger partial charge on any atom is -0.395 e. The molecule has 0 aliphatic carbocycles. The number of aliphatic imine (C=N–C) groups is 1. The van der Waals surface area contributed by atoms with Crippen LogP contribution in [0, 0.1) is 0 Å². The second-order valence-electron chi connectivity index (χ2n) is 3.15. The molecule has 0 bridgehead atoms. The number of aliphatic hydroxyl groups is 2. The van der Waals surface area contributed by atoms with Crippen LogP contribution in [-0.2, 0) is 4.79 Å². The summed E-state index contributed by atoms with van der Waals surface area (Å²) in [5.74, 6) is 0. The number of isocyanates is 1. The van der Waals surface area contributed by atoms with E-state index in [1.807, 2.05) is 4.90 Å². The molecule has 5 heteroatoms. The van der Waals surface area contributed by atoms with Crippen molar-refractivity contribution in [3.05, 3.63) is 24.3 Å². The lowest BCUT2D eigenvalue weighted by Gasteiger charge is -2.22. The molecule has 0 aromatic heterocycles. The third-order valence-corrected chi connectivity index (χ3v) is 2.13. The van der Waals surface area contributed by atoms with Crippen molar-refractivity contribution in [2.75, 3.05) is 31.2 Å². The van der Waals surface area contributed by atoms with Gasteiger partial charge in [-0.15, -0.1) is 0 Å². The van der Waals surface area contributed by atoms with Crippen LogP contribution in [0.2, 0.25) is 0 Å². The minimum atomic E-state index is 0.0221. The summed E-state index contributed by atoms with van der Waals surface area (Å²) < 4.78 is 0. The van der Waals surface area contributed by atoms with Gasteiger partial charge >= 0.3 is 0 Å². The van der Waals surface area contributed by atoms with Crippen molar-refractivity contribution in [3.63, 3.8) is 0 Å². The Morgan fingerprint density at radius 2 is 1.69 bits per heavy atom. The molecule has 16 heavy (non-hydrogen) atoms. The molecule has 0 atom stereocenters. The highest BCUT2D eigenvalue weighted by Crippen LogP contribution is 2.18. The van der Waals surface area contributed by atoms with Crippen molar-refractivity contribution in [1.29, 1.82) is 0 Å². The van der Waals surface area contributed by atoms with Gasteiger partial charge in [-0.05, 0) is 24.3 Å². The van der Waals surface area contributed by atoms with E-state index in [2.05, 4.69) is 4.99 Å². The Hall–Kier alpha value is -1.68. The normalized spacial score (nSPS) is 9.62. The van der Waals surface area contributed by atoms with Gasteiger partial charge in [0.1, 0.15) is 0 Å². The van der Waals surface area contributed by atoms with E-state index in [1.165, 1.54) is 6.08 Å². The lowest BCUT2D eigenvalue weighted by molar-refractivity contribution is 0.281. The number of hydrogen-bond donors (Lipinski definition) is 2. The van der Waals surface area contributed by atoms with Gasteiger partial charge in [0.05, 0.1) is 18.9 Å². The molecule has 0 fully saturated rings. The Bertz CT molecular complexity index is 352. The Balaban J connectivity index is 2.80. The first kappa shape index (κ1) is 12.4. The minimum absolute atomic E-state index is 0.0221. The monoisotopic (exact) mass is 222 g/mol. The second-order valence-corrected chi connectivity index (χ2v) is 3.15. The molecule has 0 spiro atoms. The van der Waals surface area contributed by atoms with E-state index in [4.69, 9.17) is 10.2 Å². The number of nitrogens with zero attached hydrogens (tertiary/aromatic N) is 2. The highest BCUT2D eigenvalue weighted by molar-refractivity contribution is 5.56. The van der Waals surface area contributed by atoms with Crippen molar-refractivity contribution >= 4 is 17.5 Å². The first-order valence-corrected chi connectivity index (χ1v) is 4.96. The number of carbonyl (C=O) groups excluding carboxylic acids is 1. The molecule has 0 radical (unpaired) electrons. The molecule has 1 rings (SSSR count). The highest BCUT2D eigenvalue weighted by Gasteiger charge is 2.04. The molecule has 1 aromatic rings. The maximum absolute atomic E-state index is 10.0. The summed E-state index contributed by atoms with van der Waals surface area (Å²) >= 11 is 0. The zero-order valence-corrected chi connectivity index (χ0v) is 8.83. The average molecular weight is 222 g/mol. The van der Waals surface area contributed by atoms with Crippen LogP contribution in [0.1, 0.15) is 0 Å². The molecular weight excluding hydrogens is 208 g/mol. The molecule has 0 unspecified atom stereocenters. The van der Waals surface area contributed by atoms with E-state index < -0.39 is 0 Å². The van der Waals surface area contributed by atoms with Crippen LogP contribution < -0.4 is 4.90 Å². The Morgan fingerprint density at radius 3 is 2.12 bits per heavy atom. The fourth-order valence-corrected chi connectivity index (χ4v) is 1.40. The van der Waals surface area contributed by atoms with E-state index in [9.17, 15) is 4.79 Å². The van der Waals surface area contributed by atoms with E-state index >= 15 is 0 Å². The van der Waals surface area contributed by atoms with Crippen molar-refractivity contribution in [1.82, 2.24) is 0 Å². The molecule has 86 valence electrons. The fraction of sp³-hybridized carbons (Fsp3) is 0.364. The van der Waals surface area contributed by atoms with Crippen LogP contribution in [0.4, 0.5) is 11.4 Å². The first-order valence-electron chi connectivity index (χ1n) is 4.96. The van der Waals surface area contributed by atoms with E-state index in [0.717, 1.165) is 5.69 Å². The Kier molecular flexibility index (Phi) is 5.22. The van der Waals surface area contributed by atoms with Crippen LogP contribution in [0.15, 0.2) is 29.3 Å². The summed E-state index contributed by atoms with van der Waals surface area (Å²) in [6.07, 6.45) is 1.46. The molecule has 0 aliphatic rings. The van der Waals surface area contributed by atoms with Gasteiger partial charge in [0.2, 0.25) is 6.08 Å². The average Bonchev–Trinajstić information content (AvgIpc) is 2.30. The van der Waals surface area contributed by atoms with Crippen molar-refractivity contribution in [2.24, 2.45) is 4.99 Å². The second kappa shape index (κ2) is 6.74. The molecule has 0 aliphatic heterocycles. The number of aliphatic hydroxyl groups excluding tert-OH is 2. The molecule has 0 heterocycles. The fourth-order valence-electron chi connectivity index (χ4n) is 1.40. The van der Waals surface area contributed by atoms with Crippen LogP contribution in [0.25, 0.3) is 0 Å². The van der Waals surface area contributed by atoms with E-state index in [-0.39, 0.29) is 13.2 Å². The number of rotatable bonds is 6. The van der Waals surface area contributed by atoms with E-state index in [1.54, 1.807) is 24.3 Å². The third kappa shape index (κ3) is 3.47. The van der Waals surface area contributed by atoms with Gasteiger partial charge in [-0.1, -0.05) is 0 Å². The number of benzene rings is 1. The van der Waals surface area contributed by atoms with Gasteiger partial charge in [-0.3, -0.25) is 0 Å². The summed E-state index contributed by atoms with van der Waals surface area (Å²) in [7, 11) is 0. The predicted octanol–water partition coefficient (Wildman–Crippen LogP) is 0.445. The molecular formula is C11H14N2O3. The quantitative estimate of drug-likeness (QED) is 0.541. The van der Waals surface area contributed by atoms with Gasteiger partial charge in [-0.25, -0.2) is 4.79 Å². The largest absolute Gasteiger partial charge is 0.395 e. The summed E-state index contributed by atoms with van der Waals surface area (Å²) in [4.78, 5) is 15.3. The van der Waals surface area contributed by atoms with Gasteiger partial charge in [-0.2, -0.15) is 4.99 Å². The Labute approximate surface area is 93.7 Å².